The average molecular weight is 335 g/mol. The van der Waals surface area contributed by atoms with E-state index < -0.39 is 23.7 Å². The van der Waals surface area contributed by atoms with E-state index in [1.807, 2.05) is 24.3 Å². The molecule has 6 nitrogen and oxygen atoms in total. The molecular formula is C18H25NO5. The van der Waals surface area contributed by atoms with Gasteiger partial charge in [-0.25, -0.2) is 9.59 Å². The molecule has 0 aromatic heterocycles. The van der Waals surface area contributed by atoms with Crippen LogP contribution in [0.5, 0.6) is 5.75 Å². The van der Waals surface area contributed by atoms with Gasteiger partial charge in [0.1, 0.15) is 17.4 Å². The maximum Gasteiger partial charge on any atom is 0.411 e. The average Bonchev–Trinajstić information content (AvgIpc) is 2.97. The van der Waals surface area contributed by atoms with E-state index in [2.05, 4.69) is 0 Å². The number of esters is 1. The Labute approximate surface area is 142 Å². The fourth-order valence-corrected chi connectivity index (χ4v) is 2.90. The molecule has 1 aromatic carbocycles. The molecule has 0 bridgehead atoms. The Bertz CT molecular complexity index is 590. The van der Waals surface area contributed by atoms with Gasteiger partial charge in [-0.2, -0.15) is 0 Å². The van der Waals surface area contributed by atoms with Crippen molar-refractivity contribution in [3.63, 3.8) is 0 Å². The highest BCUT2D eigenvalue weighted by molar-refractivity contribution is 5.82. The molecule has 1 amide bonds. The van der Waals surface area contributed by atoms with Crippen LogP contribution in [0.1, 0.15) is 45.2 Å². The van der Waals surface area contributed by atoms with E-state index in [0.29, 0.717) is 12.8 Å². The molecule has 0 spiro atoms. The van der Waals surface area contributed by atoms with E-state index in [1.165, 1.54) is 12.0 Å². The number of hydrogen-bond acceptors (Lipinski definition) is 5. The summed E-state index contributed by atoms with van der Waals surface area (Å²) in [5.41, 5.74) is 0.304. The number of rotatable bonds is 3. The predicted octanol–water partition coefficient (Wildman–Crippen LogP) is 3.31. The van der Waals surface area contributed by atoms with Crippen molar-refractivity contribution < 1.29 is 23.8 Å². The smallest absolute Gasteiger partial charge is 0.411 e. The van der Waals surface area contributed by atoms with Crippen molar-refractivity contribution in [3.05, 3.63) is 29.8 Å². The number of amides is 1. The maximum absolute atomic E-state index is 12.7. The van der Waals surface area contributed by atoms with E-state index in [1.54, 1.807) is 27.9 Å². The number of carbonyl (C=O) groups excluding carboxylic acids is 2. The van der Waals surface area contributed by atoms with Crippen LogP contribution in [0.15, 0.2) is 24.3 Å². The molecule has 1 aliphatic rings. The second kappa shape index (κ2) is 7.11. The Kier molecular flexibility index (Phi) is 5.36. The molecule has 2 rings (SSSR count). The fourth-order valence-electron chi connectivity index (χ4n) is 2.90. The van der Waals surface area contributed by atoms with Gasteiger partial charge in [0, 0.05) is 0 Å². The van der Waals surface area contributed by atoms with Gasteiger partial charge in [0.15, 0.2) is 0 Å². The number of nitrogens with zero attached hydrogens (tertiary/aromatic N) is 1. The summed E-state index contributed by atoms with van der Waals surface area (Å²) >= 11 is 0. The van der Waals surface area contributed by atoms with Crippen molar-refractivity contribution in [1.29, 1.82) is 0 Å². The summed E-state index contributed by atoms with van der Waals surface area (Å²) < 4.78 is 15.5. The minimum absolute atomic E-state index is 0.227. The summed E-state index contributed by atoms with van der Waals surface area (Å²) in [4.78, 5) is 26.2. The van der Waals surface area contributed by atoms with Gasteiger partial charge in [0.25, 0.3) is 0 Å². The molecule has 0 saturated carbocycles. The third-order valence-corrected chi connectivity index (χ3v) is 3.96. The molecule has 132 valence electrons. The molecule has 1 aromatic rings. The van der Waals surface area contributed by atoms with Crippen LogP contribution in [0.2, 0.25) is 0 Å². The van der Waals surface area contributed by atoms with Crippen molar-refractivity contribution >= 4 is 12.1 Å². The Morgan fingerprint density at radius 3 is 2.21 bits per heavy atom. The molecule has 2 atom stereocenters. The molecule has 24 heavy (non-hydrogen) atoms. The molecule has 1 aliphatic heterocycles. The van der Waals surface area contributed by atoms with Crippen LogP contribution < -0.4 is 4.74 Å². The minimum Gasteiger partial charge on any atom is -0.497 e. The van der Waals surface area contributed by atoms with E-state index in [-0.39, 0.29) is 6.04 Å². The monoisotopic (exact) mass is 335 g/mol. The highest BCUT2D eigenvalue weighted by atomic mass is 16.6. The molecule has 0 radical (unpaired) electrons. The van der Waals surface area contributed by atoms with Gasteiger partial charge < -0.3 is 14.2 Å². The number of carbonyl (C=O) groups is 2. The summed E-state index contributed by atoms with van der Waals surface area (Å²) in [6.07, 6.45) is 0.713. The maximum atomic E-state index is 12.7. The Hall–Kier alpha value is -2.24. The summed E-state index contributed by atoms with van der Waals surface area (Å²) in [5, 5.41) is 0. The number of hydrogen-bond donors (Lipinski definition) is 0. The Morgan fingerprint density at radius 2 is 1.71 bits per heavy atom. The van der Waals surface area contributed by atoms with Gasteiger partial charge in [-0.05, 0) is 51.3 Å². The zero-order chi connectivity index (χ0) is 17.9. The molecule has 1 fully saturated rings. The van der Waals surface area contributed by atoms with Crippen LogP contribution in [0.25, 0.3) is 0 Å². The second-order valence-electron chi connectivity index (χ2n) is 6.79. The first-order valence-corrected chi connectivity index (χ1v) is 8.00. The minimum atomic E-state index is -0.634. The highest BCUT2D eigenvalue weighted by Gasteiger charge is 2.44. The standard InChI is InChI=1S/C18H25NO5/c1-18(2,3)24-17(21)19-14(10-11-15(19)16(20)23-5)12-6-8-13(22-4)9-7-12/h6-9,14-15H,10-11H2,1-5H3. The first-order valence-electron chi connectivity index (χ1n) is 8.00. The van der Waals surface area contributed by atoms with Crippen molar-refractivity contribution in [2.75, 3.05) is 14.2 Å². The fraction of sp³-hybridized carbons (Fsp3) is 0.556. The largest absolute Gasteiger partial charge is 0.497 e. The third kappa shape index (κ3) is 3.99. The number of benzene rings is 1. The first kappa shape index (κ1) is 18.1. The van der Waals surface area contributed by atoms with Crippen molar-refractivity contribution in [2.24, 2.45) is 0 Å². The van der Waals surface area contributed by atoms with E-state index in [0.717, 1.165) is 11.3 Å². The van der Waals surface area contributed by atoms with Crippen molar-refractivity contribution in [2.45, 2.75) is 51.3 Å². The Morgan fingerprint density at radius 1 is 1.08 bits per heavy atom. The van der Waals surface area contributed by atoms with Gasteiger partial charge in [-0.1, -0.05) is 12.1 Å². The first-order chi connectivity index (χ1) is 11.3. The van der Waals surface area contributed by atoms with Crippen LogP contribution in [0, 0.1) is 0 Å². The molecule has 0 aliphatic carbocycles. The van der Waals surface area contributed by atoms with Gasteiger partial charge in [-0.3, -0.25) is 4.90 Å². The third-order valence-electron chi connectivity index (χ3n) is 3.96. The number of methoxy groups -OCH3 is 2. The van der Waals surface area contributed by atoms with Crippen LogP contribution in [0.4, 0.5) is 4.79 Å². The highest BCUT2D eigenvalue weighted by Crippen LogP contribution is 2.38. The molecule has 1 heterocycles. The van der Waals surface area contributed by atoms with Gasteiger partial charge >= 0.3 is 12.1 Å². The quantitative estimate of drug-likeness (QED) is 0.793. The lowest BCUT2D eigenvalue weighted by molar-refractivity contribution is -0.146. The zero-order valence-electron chi connectivity index (χ0n) is 14.9. The molecule has 1 saturated heterocycles. The topological polar surface area (TPSA) is 65.1 Å². The van der Waals surface area contributed by atoms with E-state index >= 15 is 0 Å². The van der Waals surface area contributed by atoms with Crippen LogP contribution >= 0.6 is 0 Å². The number of likely N-dealkylation sites (tertiary alicyclic amines) is 1. The lowest BCUT2D eigenvalue weighted by Crippen LogP contribution is -2.44. The Balaban J connectivity index is 2.30. The van der Waals surface area contributed by atoms with E-state index in [4.69, 9.17) is 14.2 Å². The van der Waals surface area contributed by atoms with Gasteiger partial charge in [0.2, 0.25) is 0 Å². The molecule has 0 N–H and O–H groups in total. The lowest BCUT2D eigenvalue weighted by Gasteiger charge is -2.31. The molecule has 6 heteroatoms. The molecule has 2 unspecified atom stereocenters. The SMILES string of the molecule is COC(=O)C1CCC(c2ccc(OC)cc2)N1C(=O)OC(C)(C)C. The van der Waals surface area contributed by atoms with Crippen molar-refractivity contribution in [1.82, 2.24) is 4.90 Å². The van der Waals surface area contributed by atoms with Crippen molar-refractivity contribution in [3.8, 4) is 5.75 Å². The zero-order valence-corrected chi connectivity index (χ0v) is 14.9. The van der Waals surface area contributed by atoms with E-state index in [9.17, 15) is 9.59 Å². The summed E-state index contributed by atoms with van der Waals surface area (Å²) in [5.74, 6) is 0.321. The number of ether oxygens (including phenoxy) is 3. The van der Waals surface area contributed by atoms with Crippen LogP contribution in [0.3, 0.4) is 0 Å². The van der Waals surface area contributed by atoms with Crippen LogP contribution in [-0.4, -0.2) is 42.8 Å². The molecular weight excluding hydrogens is 310 g/mol. The summed E-state index contributed by atoms with van der Waals surface area (Å²) in [6.45, 7) is 5.41. The van der Waals surface area contributed by atoms with Crippen LogP contribution in [-0.2, 0) is 14.3 Å². The lowest BCUT2D eigenvalue weighted by atomic mass is 10.0. The summed E-state index contributed by atoms with van der Waals surface area (Å²) in [7, 11) is 2.93. The van der Waals surface area contributed by atoms with Gasteiger partial charge in [-0.15, -0.1) is 0 Å². The second-order valence-corrected chi connectivity index (χ2v) is 6.79. The summed E-state index contributed by atoms with van der Waals surface area (Å²) in [6, 6.07) is 6.63. The predicted molar refractivity (Wildman–Crippen MR) is 88.8 cm³/mol. The normalized spacial score (nSPS) is 20.6. The van der Waals surface area contributed by atoms with Gasteiger partial charge in [0.05, 0.1) is 20.3 Å².